The molecule has 0 unspecified atom stereocenters. The first-order chi connectivity index (χ1) is 12.9. The second-order valence-electron chi connectivity index (χ2n) is 6.35. The average Bonchev–Trinajstić information content (AvgIpc) is 3.03. The summed E-state index contributed by atoms with van der Waals surface area (Å²) in [5.74, 6) is -0.840. The fraction of sp³-hybridized carbons (Fsp3) is 0.200. The third-order valence-corrected chi connectivity index (χ3v) is 4.43. The van der Waals surface area contributed by atoms with Crippen LogP contribution in [0.3, 0.4) is 0 Å². The lowest BCUT2D eigenvalue weighted by molar-refractivity contribution is -0.123. The predicted molar refractivity (Wildman–Crippen MR) is 99.9 cm³/mol. The normalized spacial score (nSPS) is 13.1. The minimum absolute atomic E-state index is 0.100. The molecule has 1 aromatic heterocycles. The molecular weight excluding hydrogens is 349 g/mol. The molecule has 6 nitrogen and oxygen atoms in total. The van der Waals surface area contributed by atoms with Crippen LogP contribution in [0, 0.1) is 5.82 Å². The van der Waals surface area contributed by atoms with Gasteiger partial charge in [0, 0.05) is 23.5 Å². The third kappa shape index (κ3) is 4.44. The lowest BCUT2D eigenvalue weighted by Gasteiger charge is -2.20. The summed E-state index contributed by atoms with van der Waals surface area (Å²) >= 11 is 0. The van der Waals surface area contributed by atoms with Crippen LogP contribution in [0.2, 0.25) is 0 Å². The summed E-state index contributed by atoms with van der Waals surface area (Å²) in [6, 6.07) is 12.4. The number of carbonyl (C=O) groups is 2. The number of H-pyrrole nitrogens is 1. The topological polar surface area (TPSA) is 94.2 Å². The van der Waals surface area contributed by atoms with Gasteiger partial charge in [0.2, 0.25) is 5.91 Å². The van der Waals surface area contributed by atoms with E-state index < -0.39 is 23.9 Å². The van der Waals surface area contributed by atoms with Crippen LogP contribution < -0.4 is 10.6 Å². The zero-order valence-corrected chi connectivity index (χ0v) is 14.7. The highest BCUT2D eigenvalue weighted by Gasteiger charge is 2.24. The highest BCUT2D eigenvalue weighted by molar-refractivity contribution is 5.88. The number of nitrogens with one attached hydrogen (secondary N) is 3. The number of aromatic amines is 1. The van der Waals surface area contributed by atoms with Gasteiger partial charge in [-0.2, -0.15) is 0 Å². The third-order valence-electron chi connectivity index (χ3n) is 4.43. The second kappa shape index (κ2) is 7.90. The van der Waals surface area contributed by atoms with E-state index in [0.29, 0.717) is 10.9 Å². The van der Waals surface area contributed by atoms with Gasteiger partial charge in [-0.1, -0.05) is 30.3 Å². The predicted octanol–water partition coefficient (Wildman–Crippen LogP) is 3.36. The van der Waals surface area contributed by atoms with Crippen molar-refractivity contribution in [3.05, 3.63) is 71.7 Å². The van der Waals surface area contributed by atoms with Crippen LogP contribution in [0.1, 0.15) is 24.1 Å². The number of carboxylic acid groups (broad SMARTS) is 1. The monoisotopic (exact) mass is 369 g/mol. The number of hydrogen-bond acceptors (Lipinski definition) is 2. The molecule has 2 aromatic carbocycles. The molecule has 0 aliphatic carbocycles. The second-order valence-corrected chi connectivity index (χ2v) is 6.35. The zero-order valence-electron chi connectivity index (χ0n) is 14.7. The smallest absolute Gasteiger partial charge is 0.405 e. The van der Waals surface area contributed by atoms with Gasteiger partial charge in [0.1, 0.15) is 11.9 Å². The van der Waals surface area contributed by atoms with Gasteiger partial charge in [-0.25, -0.2) is 9.18 Å². The number of aromatic nitrogens is 1. The Kier molecular flexibility index (Phi) is 5.40. The maximum atomic E-state index is 13.6. The van der Waals surface area contributed by atoms with Crippen molar-refractivity contribution in [1.82, 2.24) is 15.6 Å². The van der Waals surface area contributed by atoms with E-state index in [4.69, 9.17) is 5.11 Å². The lowest BCUT2D eigenvalue weighted by atomic mass is 10.0. The minimum Gasteiger partial charge on any atom is -0.465 e. The van der Waals surface area contributed by atoms with Crippen LogP contribution >= 0.6 is 0 Å². The molecule has 7 heteroatoms. The largest absolute Gasteiger partial charge is 0.465 e. The Morgan fingerprint density at radius 3 is 2.59 bits per heavy atom. The van der Waals surface area contributed by atoms with Crippen molar-refractivity contribution >= 4 is 22.9 Å². The Bertz CT molecular complexity index is 956. The van der Waals surface area contributed by atoms with Gasteiger partial charge in [-0.05, 0) is 36.2 Å². The molecule has 0 saturated carbocycles. The van der Waals surface area contributed by atoms with Crippen molar-refractivity contribution < 1.29 is 19.1 Å². The molecule has 1 heterocycles. The lowest BCUT2D eigenvalue weighted by Crippen LogP contribution is -2.48. The van der Waals surface area contributed by atoms with Gasteiger partial charge in [-0.3, -0.25) is 4.79 Å². The van der Waals surface area contributed by atoms with Gasteiger partial charge in [0.15, 0.2) is 0 Å². The van der Waals surface area contributed by atoms with Crippen molar-refractivity contribution in [2.45, 2.75) is 25.4 Å². The first-order valence-electron chi connectivity index (χ1n) is 8.54. The molecule has 3 aromatic rings. The molecule has 0 aliphatic rings. The van der Waals surface area contributed by atoms with E-state index in [1.165, 1.54) is 12.1 Å². The quantitative estimate of drug-likeness (QED) is 0.537. The highest BCUT2D eigenvalue weighted by Crippen LogP contribution is 2.21. The Morgan fingerprint density at radius 1 is 1.15 bits per heavy atom. The molecule has 4 N–H and O–H groups in total. The number of benzene rings is 2. The standard InChI is InChI=1S/C20H20FN3O3/c1-12(13-5-3-2-4-6-13)23-19(25)18(24-20(26)27)9-14-11-22-17-8-7-15(21)10-16(14)17/h2-8,10-12,18,22,24H,9H2,1H3,(H,23,25)(H,26,27)/t12-,18+/m0/s1. The van der Waals surface area contributed by atoms with E-state index in [1.807, 2.05) is 37.3 Å². The fourth-order valence-electron chi connectivity index (χ4n) is 3.04. The van der Waals surface area contributed by atoms with Crippen LogP contribution in [0.25, 0.3) is 10.9 Å². The molecule has 0 bridgehead atoms. The molecule has 27 heavy (non-hydrogen) atoms. The molecule has 0 aliphatic heterocycles. The van der Waals surface area contributed by atoms with E-state index >= 15 is 0 Å². The van der Waals surface area contributed by atoms with E-state index in [-0.39, 0.29) is 12.5 Å². The van der Waals surface area contributed by atoms with E-state index in [0.717, 1.165) is 11.1 Å². The molecule has 0 saturated heterocycles. The fourth-order valence-corrected chi connectivity index (χ4v) is 3.04. The van der Waals surface area contributed by atoms with Crippen molar-refractivity contribution in [3.63, 3.8) is 0 Å². The van der Waals surface area contributed by atoms with E-state index in [1.54, 1.807) is 12.3 Å². The van der Waals surface area contributed by atoms with Gasteiger partial charge >= 0.3 is 6.09 Å². The number of halogens is 1. The summed E-state index contributed by atoms with van der Waals surface area (Å²) in [5, 5.41) is 14.8. The Labute approximate surface area is 155 Å². The molecule has 0 fully saturated rings. The highest BCUT2D eigenvalue weighted by atomic mass is 19.1. The van der Waals surface area contributed by atoms with Gasteiger partial charge in [0.05, 0.1) is 6.04 Å². The van der Waals surface area contributed by atoms with Crippen molar-refractivity contribution in [1.29, 1.82) is 0 Å². The molecule has 140 valence electrons. The van der Waals surface area contributed by atoms with Gasteiger partial charge < -0.3 is 20.7 Å². The summed E-state index contributed by atoms with van der Waals surface area (Å²) < 4.78 is 13.6. The first kappa shape index (κ1) is 18.4. The maximum Gasteiger partial charge on any atom is 0.405 e. The van der Waals surface area contributed by atoms with Crippen LogP contribution in [0.15, 0.2) is 54.7 Å². The molecule has 0 spiro atoms. The number of hydrogen-bond donors (Lipinski definition) is 4. The van der Waals surface area contributed by atoms with Crippen LogP contribution in [-0.4, -0.2) is 28.1 Å². The first-order valence-corrected chi connectivity index (χ1v) is 8.54. The minimum atomic E-state index is -1.30. The SMILES string of the molecule is C[C@H](NC(=O)[C@@H](Cc1c[nH]c2ccc(F)cc12)NC(=O)O)c1ccccc1. The molecule has 0 radical (unpaired) electrons. The van der Waals surface area contributed by atoms with Crippen molar-refractivity contribution in [2.24, 2.45) is 0 Å². The summed E-state index contributed by atoms with van der Waals surface area (Å²) in [4.78, 5) is 26.8. The summed E-state index contributed by atoms with van der Waals surface area (Å²) in [7, 11) is 0. The number of fused-ring (bicyclic) bond motifs is 1. The van der Waals surface area contributed by atoms with Crippen molar-refractivity contribution in [2.75, 3.05) is 0 Å². The number of amides is 2. The van der Waals surface area contributed by atoms with Gasteiger partial charge in [0.25, 0.3) is 0 Å². The van der Waals surface area contributed by atoms with E-state index in [9.17, 15) is 14.0 Å². The average molecular weight is 369 g/mol. The Morgan fingerprint density at radius 2 is 1.89 bits per heavy atom. The van der Waals surface area contributed by atoms with Crippen molar-refractivity contribution in [3.8, 4) is 0 Å². The number of rotatable bonds is 6. The molecular formula is C20H20FN3O3. The number of carbonyl (C=O) groups excluding carboxylic acids is 1. The van der Waals surface area contributed by atoms with E-state index in [2.05, 4.69) is 15.6 Å². The maximum absolute atomic E-state index is 13.6. The summed E-state index contributed by atoms with van der Waals surface area (Å²) in [6.07, 6.45) is 0.464. The molecule has 3 rings (SSSR count). The zero-order chi connectivity index (χ0) is 19.4. The van der Waals surface area contributed by atoms with Crippen LogP contribution in [0.4, 0.5) is 9.18 Å². The Hall–Kier alpha value is -3.35. The summed E-state index contributed by atoms with van der Waals surface area (Å²) in [5.41, 5.74) is 2.29. The van der Waals surface area contributed by atoms with Gasteiger partial charge in [-0.15, -0.1) is 0 Å². The molecule has 2 amide bonds. The van der Waals surface area contributed by atoms with Crippen LogP contribution in [-0.2, 0) is 11.2 Å². The summed E-state index contributed by atoms with van der Waals surface area (Å²) in [6.45, 7) is 1.83. The molecule has 2 atom stereocenters. The Balaban J connectivity index is 1.79. The van der Waals surface area contributed by atoms with Crippen LogP contribution in [0.5, 0.6) is 0 Å².